The molecule has 110 valence electrons. The molecule has 0 aliphatic carbocycles. The van der Waals surface area contributed by atoms with Crippen LogP contribution < -0.4 is 10.1 Å². The van der Waals surface area contributed by atoms with E-state index in [1.165, 1.54) is 5.56 Å². The van der Waals surface area contributed by atoms with Gasteiger partial charge in [-0.25, -0.2) is 0 Å². The molecule has 1 unspecified atom stereocenters. The number of amides is 1. The number of carbonyl (C=O) groups is 1. The van der Waals surface area contributed by atoms with Gasteiger partial charge in [-0.05, 0) is 30.5 Å². The molecule has 0 saturated carbocycles. The van der Waals surface area contributed by atoms with Gasteiger partial charge in [-0.2, -0.15) is 0 Å². The standard InChI is InChI=1S/C16H24N2O2/c1-3-9-20-15-6-4-5-13(10-15)11-17-14-7-8-16(19)18(2)12-14/h4-6,10,14,17H,3,7-9,11-12H2,1-2H3. The topological polar surface area (TPSA) is 41.6 Å². The van der Waals surface area contributed by atoms with Crippen molar-refractivity contribution in [2.75, 3.05) is 20.2 Å². The van der Waals surface area contributed by atoms with Crippen molar-refractivity contribution in [3.63, 3.8) is 0 Å². The van der Waals surface area contributed by atoms with Gasteiger partial charge in [-0.15, -0.1) is 0 Å². The van der Waals surface area contributed by atoms with Crippen LogP contribution in [0.3, 0.4) is 0 Å². The third-order valence-corrected chi connectivity index (χ3v) is 3.59. The van der Waals surface area contributed by atoms with Gasteiger partial charge < -0.3 is 15.0 Å². The zero-order valence-corrected chi connectivity index (χ0v) is 12.4. The summed E-state index contributed by atoms with van der Waals surface area (Å²) in [5.41, 5.74) is 1.22. The van der Waals surface area contributed by atoms with Gasteiger partial charge in [0.2, 0.25) is 5.91 Å². The Morgan fingerprint density at radius 1 is 1.45 bits per heavy atom. The van der Waals surface area contributed by atoms with Gasteiger partial charge in [0.1, 0.15) is 5.75 Å². The minimum absolute atomic E-state index is 0.248. The SMILES string of the molecule is CCCOc1cccc(CNC2CCC(=O)N(C)C2)c1. The summed E-state index contributed by atoms with van der Waals surface area (Å²) in [5, 5.41) is 3.52. The van der Waals surface area contributed by atoms with Crippen LogP contribution in [0.2, 0.25) is 0 Å². The molecule has 0 bridgehead atoms. The highest BCUT2D eigenvalue weighted by Crippen LogP contribution is 2.15. The van der Waals surface area contributed by atoms with Crippen LogP contribution in [-0.4, -0.2) is 37.0 Å². The van der Waals surface area contributed by atoms with E-state index in [1.54, 1.807) is 0 Å². The second-order valence-corrected chi connectivity index (χ2v) is 5.39. The van der Waals surface area contributed by atoms with E-state index in [2.05, 4.69) is 24.4 Å². The molecule has 0 radical (unpaired) electrons. The van der Waals surface area contributed by atoms with E-state index in [0.717, 1.165) is 38.3 Å². The maximum atomic E-state index is 11.4. The summed E-state index contributed by atoms with van der Waals surface area (Å²) in [4.78, 5) is 13.2. The average molecular weight is 276 g/mol. The van der Waals surface area contributed by atoms with Crippen molar-refractivity contribution in [2.45, 2.75) is 38.8 Å². The van der Waals surface area contributed by atoms with E-state index < -0.39 is 0 Å². The minimum atomic E-state index is 0.248. The summed E-state index contributed by atoms with van der Waals surface area (Å²) in [7, 11) is 1.87. The lowest BCUT2D eigenvalue weighted by Gasteiger charge is -2.30. The number of nitrogens with zero attached hydrogens (tertiary/aromatic N) is 1. The summed E-state index contributed by atoms with van der Waals surface area (Å²) in [5.74, 6) is 1.18. The van der Waals surface area contributed by atoms with Gasteiger partial charge in [0.15, 0.2) is 0 Å². The molecule has 1 atom stereocenters. The van der Waals surface area contributed by atoms with Crippen molar-refractivity contribution >= 4 is 5.91 Å². The van der Waals surface area contributed by atoms with E-state index in [4.69, 9.17) is 4.74 Å². The molecule has 4 nitrogen and oxygen atoms in total. The summed E-state index contributed by atoms with van der Waals surface area (Å²) in [6.07, 6.45) is 2.59. The highest BCUT2D eigenvalue weighted by Gasteiger charge is 2.22. The lowest BCUT2D eigenvalue weighted by Crippen LogP contribution is -2.46. The second-order valence-electron chi connectivity index (χ2n) is 5.39. The highest BCUT2D eigenvalue weighted by atomic mass is 16.5. The van der Waals surface area contributed by atoms with Gasteiger partial charge in [-0.1, -0.05) is 19.1 Å². The molecule has 0 spiro atoms. The first-order chi connectivity index (χ1) is 9.69. The maximum Gasteiger partial charge on any atom is 0.222 e. The Morgan fingerprint density at radius 3 is 3.05 bits per heavy atom. The lowest BCUT2D eigenvalue weighted by molar-refractivity contribution is -0.132. The number of nitrogens with one attached hydrogen (secondary N) is 1. The summed E-state index contributed by atoms with van der Waals surface area (Å²) in [6, 6.07) is 8.59. The number of ether oxygens (including phenoxy) is 1. The quantitative estimate of drug-likeness (QED) is 0.866. The Hall–Kier alpha value is -1.55. The van der Waals surface area contributed by atoms with Crippen molar-refractivity contribution in [1.29, 1.82) is 0 Å². The number of likely N-dealkylation sites (tertiary alicyclic amines) is 1. The summed E-state index contributed by atoms with van der Waals surface area (Å²) < 4.78 is 5.64. The van der Waals surface area contributed by atoms with Gasteiger partial charge >= 0.3 is 0 Å². The molecular formula is C16H24N2O2. The van der Waals surface area contributed by atoms with Crippen molar-refractivity contribution in [1.82, 2.24) is 10.2 Å². The molecule has 2 rings (SSSR count). The first-order valence-electron chi connectivity index (χ1n) is 7.38. The zero-order chi connectivity index (χ0) is 14.4. The van der Waals surface area contributed by atoms with Crippen molar-refractivity contribution in [3.05, 3.63) is 29.8 Å². The van der Waals surface area contributed by atoms with Crippen molar-refractivity contribution in [2.24, 2.45) is 0 Å². The molecule has 20 heavy (non-hydrogen) atoms. The third-order valence-electron chi connectivity index (χ3n) is 3.59. The minimum Gasteiger partial charge on any atom is -0.494 e. The number of likely N-dealkylation sites (N-methyl/N-ethyl adjacent to an activating group) is 1. The first-order valence-corrected chi connectivity index (χ1v) is 7.38. The van der Waals surface area contributed by atoms with Gasteiger partial charge in [-0.3, -0.25) is 4.79 Å². The lowest BCUT2D eigenvalue weighted by atomic mass is 10.1. The van der Waals surface area contributed by atoms with Gasteiger partial charge in [0, 0.05) is 32.6 Å². The molecule has 1 aromatic rings. The Labute approximate surface area is 121 Å². The van der Waals surface area contributed by atoms with Gasteiger partial charge in [0.25, 0.3) is 0 Å². The number of hydrogen-bond acceptors (Lipinski definition) is 3. The summed E-state index contributed by atoms with van der Waals surface area (Å²) in [6.45, 7) is 4.47. The second kappa shape index (κ2) is 7.29. The van der Waals surface area contributed by atoms with Crippen LogP contribution in [-0.2, 0) is 11.3 Å². The van der Waals surface area contributed by atoms with Crippen LogP contribution in [0, 0.1) is 0 Å². The largest absolute Gasteiger partial charge is 0.494 e. The fourth-order valence-corrected chi connectivity index (χ4v) is 2.41. The van der Waals surface area contributed by atoms with Crippen LogP contribution in [0.1, 0.15) is 31.7 Å². The molecule has 1 aliphatic rings. The molecule has 1 fully saturated rings. The molecule has 1 N–H and O–H groups in total. The number of benzene rings is 1. The Bertz CT molecular complexity index is 448. The van der Waals surface area contributed by atoms with Crippen LogP contribution in [0.4, 0.5) is 0 Å². The third kappa shape index (κ3) is 4.23. The molecule has 1 amide bonds. The van der Waals surface area contributed by atoms with E-state index in [-0.39, 0.29) is 5.91 Å². The number of piperidine rings is 1. The predicted molar refractivity (Wildman–Crippen MR) is 79.7 cm³/mol. The summed E-state index contributed by atoms with van der Waals surface area (Å²) >= 11 is 0. The highest BCUT2D eigenvalue weighted by molar-refractivity contribution is 5.76. The number of hydrogen-bond donors (Lipinski definition) is 1. The fourth-order valence-electron chi connectivity index (χ4n) is 2.41. The molecule has 1 saturated heterocycles. The Kier molecular flexibility index (Phi) is 5.41. The van der Waals surface area contributed by atoms with Crippen molar-refractivity contribution in [3.8, 4) is 5.75 Å². The smallest absolute Gasteiger partial charge is 0.222 e. The normalized spacial score (nSPS) is 19.2. The van der Waals surface area contributed by atoms with Crippen LogP contribution >= 0.6 is 0 Å². The molecule has 4 heteroatoms. The Balaban J connectivity index is 1.83. The molecule has 1 heterocycles. The molecular weight excluding hydrogens is 252 g/mol. The van der Waals surface area contributed by atoms with Crippen molar-refractivity contribution < 1.29 is 9.53 Å². The zero-order valence-electron chi connectivity index (χ0n) is 12.4. The van der Waals surface area contributed by atoms with Gasteiger partial charge in [0.05, 0.1) is 6.61 Å². The number of rotatable bonds is 6. The van der Waals surface area contributed by atoms with E-state index >= 15 is 0 Å². The monoisotopic (exact) mass is 276 g/mol. The van der Waals surface area contributed by atoms with Crippen LogP contribution in [0.15, 0.2) is 24.3 Å². The van der Waals surface area contributed by atoms with Crippen LogP contribution in [0.25, 0.3) is 0 Å². The molecule has 1 aliphatic heterocycles. The molecule has 0 aromatic heterocycles. The maximum absolute atomic E-state index is 11.4. The van der Waals surface area contributed by atoms with Crippen LogP contribution in [0.5, 0.6) is 5.75 Å². The fraction of sp³-hybridized carbons (Fsp3) is 0.562. The van der Waals surface area contributed by atoms with E-state index in [1.807, 2.05) is 24.1 Å². The predicted octanol–water partition coefficient (Wildman–Crippen LogP) is 2.19. The Morgan fingerprint density at radius 2 is 2.30 bits per heavy atom. The van der Waals surface area contributed by atoms with E-state index in [0.29, 0.717) is 12.5 Å². The first kappa shape index (κ1) is 14.9. The number of carbonyl (C=O) groups excluding carboxylic acids is 1. The molecule has 1 aromatic carbocycles. The van der Waals surface area contributed by atoms with E-state index in [9.17, 15) is 4.79 Å². The average Bonchev–Trinajstić information content (AvgIpc) is 2.47.